The monoisotopic (exact) mass is 692 g/mol. The van der Waals surface area contributed by atoms with Gasteiger partial charge in [-0.2, -0.15) is 0 Å². The molecular formula is C14H38I2Si4Sn. The van der Waals surface area contributed by atoms with Crippen LogP contribution in [0.3, 0.4) is 0 Å². The van der Waals surface area contributed by atoms with Crippen molar-refractivity contribution >= 4 is 80.0 Å². The van der Waals surface area contributed by atoms with E-state index in [0.717, 1.165) is 0 Å². The second kappa shape index (κ2) is 7.40. The number of hydrogen-bond acceptors (Lipinski definition) is 0. The molecule has 0 rings (SSSR count). The van der Waals surface area contributed by atoms with Crippen molar-refractivity contribution in [1.29, 1.82) is 0 Å². The number of hydrogen-bond donors (Lipinski definition) is 0. The van der Waals surface area contributed by atoms with E-state index in [1.807, 2.05) is 0 Å². The zero-order valence-corrected chi connectivity index (χ0v) is 27.6. The van der Waals surface area contributed by atoms with Crippen molar-refractivity contribution < 1.29 is 0 Å². The molecule has 0 fully saturated rings. The van der Waals surface area contributed by atoms with Crippen LogP contribution in [0.4, 0.5) is 0 Å². The molecule has 0 amide bonds. The van der Waals surface area contributed by atoms with Crippen molar-refractivity contribution in [2.45, 2.75) is 84.9 Å². The Morgan fingerprint density at radius 1 is 0.476 bits per heavy atom. The first-order valence-corrected chi connectivity index (χ1v) is 42.3. The Morgan fingerprint density at radius 2 is 0.619 bits per heavy atom. The molecule has 0 aliphatic carbocycles. The zero-order chi connectivity index (χ0) is 17.7. The summed E-state index contributed by atoms with van der Waals surface area (Å²) in [5.41, 5.74) is 0. The molecule has 128 valence electrons. The molecule has 0 unspecified atom stereocenters. The average Bonchev–Trinajstić information content (AvgIpc) is 1.84. The second-order valence-electron chi connectivity index (χ2n) is 11.0. The Kier molecular flexibility index (Phi) is 8.50. The Hall–Kier alpha value is 3.13. The minimum absolute atomic E-state index is 1.09. The summed E-state index contributed by atoms with van der Waals surface area (Å²) in [4.78, 5) is 0. The van der Waals surface area contributed by atoms with E-state index in [2.05, 4.69) is 116 Å². The number of rotatable bonds is 6. The van der Waals surface area contributed by atoms with E-state index < -0.39 is 42.7 Å². The molecule has 0 aromatic carbocycles. The van der Waals surface area contributed by atoms with Gasteiger partial charge in [0.2, 0.25) is 0 Å². The first kappa shape index (κ1) is 24.1. The Bertz CT molecular complexity index is 297. The molecule has 0 N–H and O–H groups in total. The summed E-state index contributed by atoms with van der Waals surface area (Å²) in [7, 11) is -6.60. The van der Waals surface area contributed by atoms with Gasteiger partial charge < -0.3 is 0 Å². The summed E-state index contributed by atoms with van der Waals surface area (Å²) in [6, 6.07) is 0. The molecule has 0 aliphatic rings. The van der Waals surface area contributed by atoms with Crippen LogP contribution in [-0.2, 0) is 0 Å². The van der Waals surface area contributed by atoms with Gasteiger partial charge in [0.15, 0.2) is 0 Å². The van der Waals surface area contributed by atoms with Gasteiger partial charge in [0.1, 0.15) is 0 Å². The van der Waals surface area contributed by atoms with Gasteiger partial charge in [-0.25, -0.2) is 0 Å². The standard InChI is InChI=1S/2C7H19Si2.2HI.Sn/c2*1-8(2,3)7-9(4,5)6;;;/h2*7H,1-6H3;2*1H;/q;;;;+2/p-2. The van der Waals surface area contributed by atoms with E-state index in [9.17, 15) is 0 Å². The van der Waals surface area contributed by atoms with Crippen LogP contribution >= 0.6 is 37.3 Å². The van der Waals surface area contributed by atoms with Crippen molar-refractivity contribution in [2.75, 3.05) is 0 Å². The summed E-state index contributed by atoms with van der Waals surface area (Å²) in [6.07, 6.45) is 0. The van der Waals surface area contributed by atoms with Crippen LogP contribution in [0.25, 0.3) is 0 Å². The van der Waals surface area contributed by atoms with Gasteiger partial charge in [-0.05, 0) is 0 Å². The topological polar surface area (TPSA) is 0 Å². The fraction of sp³-hybridized carbons (Fsp3) is 1.00. The van der Waals surface area contributed by atoms with Crippen LogP contribution in [0.2, 0.25) is 84.9 Å². The van der Waals surface area contributed by atoms with Crippen LogP contribution in [0, 0.1) is 0 Å². The van der Waals surface area contributed by atoms with Crippen molar-refractivity contribution in [3.63, 3.8) is 0 Å². The van der Waals surface area contributed by atoms with E-state index in [-0.39, 0.29) is 0 Å². The summed E-state index contributed by atoms with van der Waals surface area (Å²) < 4.78 is 2.37. The third-order valence-corrected chi connectivity index (χ3v) is 116. The van der Waals surface area contributed by atoms with Gasteiger partial charge in [-0.3, -0.25) is 0 Å². The van der Waals surface area contributed by atoms with Crippen LogP contribution in [0.1, 0.15) is 0 Å². The molecule has 0 aromatic rings. The van der Waals surface area contributed by atoms with Gasteiger partial charge in [0, 0.05) is 0 Å². The van der Waals surface area contributed by atoms with Gasteiger partial charge in [0.05, 0.1) is 0 Å². The van der Waals surface area contributed by atoms with Crippen LogP contribution in [0.15, 0.2) is 0 Å². The van der Waals surface area contributed by atoms with Gasteiger partial charge in [-0.15, -0.1) is 0 Å². The van der Waals surface area contributed by atoms with E-state index >= 15 is 0 Å². The van der Waals surface area contributed by atoms with Gasteiger partial charge >= 0.3 is 165 Å². The summed E-state index contributed by atoms with van der Waals surface area (Å²) in [6.45, 7) is 32.1. The Morgan fingerprint density at radius 3 is 0.714 bits per heavy atom. The maximum atomic E-state index is 3.14. The molecule has 0 atom stereocenters. The zero-order valence-electron chi connectivity index (χ0n) is 16.4. The second-order valence-corrected chi connectivity index (χ2v) is 84.9. The average molecular weight is 691 g/mol. The van der Waals surface area contributed by atoms with E-state index in [1.165, 1.54) is 6.36 Å². The van der Waals surface area contributed by atoms with E-state index in [0.29, 0.717) is 0 Å². The molecule has 0 saturated carbocycles. The molecule has 0 spiro atoms. The summed E-state index contributed by atoms with van der Waals surface area (Å²) in [5, 5.41) is 0. The van der Waals surface area contributed by atoms with Crippen LogP contribution < -0.4 is 0 Å². The molecule has 21 heavy (non-hydrogen) atoms. The molecule has 0 bridgehead atoms. The SMILES string of the molecule is C[Si](C)(C)[CH]([Si](C)(C)C)[Sn]([I])([I])[CH]([Si](C)(C)C)[Si](C)(C)C. The molecular weight excluding hydrogens is 653 g/mol. The van der Waals surface area contributed by atoms with Crippen molar-refractivity contribution in [3.8, 4) is 0 Å². The molecule has 0 saturated heterocycles. The fourth-order valence-electron chi connectivity index (χ4n) is 5.07. The molecule has 0 aromatic heterocycles. The third-order valence-electron chi connectivity index (χ3n) is 4.23. The quantitative estimate of drug-likeness (QED) is 0.200. The normalized spacial score (nSPS) is 16.0. The number of halogens is 2. The van der Waals surface area contributed by atoms with Gasteiger partial charge in [-0.1, -0.05) is 0 Å². The molecule has 0 heterocycles. The summed E-state index contributed by atoms with van der Waals surface area (Å²) >= 11 is 6.27. The van der Waals surface area contributed by atoms with Crippen molar-refractivity contribution in [3.05, 3.63) is 0 Å². The Labute approximate surface area is 162 Å². The molecule has 0 radical (unpaired) electrons. The first-order chi connectivity index (χ1) is 8.73. The third kappa shape index (κ3) is 6.74. The predicted molar refractivity (Wildman–Crippen MR) is 135 cm³/mol. The minimum atomic E-state index is -2.23. The summed E-state index contributed by atoms with van der Waals surface area (Å²) in [5.74, 6) is 0. The Balaban J connectivity index is 6.21. The molecule has 7 heteroatoms. The van der Waals surface area contributed by atoms with Gasteiger partial charge in [0.25, 0.3) is 0 Å². The van der Waals surface area contributed by atoms with E-state index in [1.54, 1.807) is 0 Å². The van der Waals surface area contributed by atoms with Crippen molar-refractivity contribution in [1.82, 2.24) is 0 Å². The van der Waals surface area contributed by atoms with E-state index in [4.69, 9.17) is 0 Å². The molecule has 0 aliphatic heterocycles. The van der Waals surface area contributed by atoms with Crippen LogP contribution in [0.5, 0.6) is 0 Å². The first-order valence-electron chi connectivity index (χ1n) is 8.11. The van der Waals surface area contributed by atoms with Crippen LogP contribution in [-0.4, -0.2) is 42.7 Å². The predicted octanol–water partition coefficient (Wildman–Crippen LogP) is 7.55. The molecule has 0 nitrogen and oxygen atoms in total. The van der Waals surface area contributed by atoms with Crippen molar-refractivity contribution in [2.24, 2.45) is 0 Å². The fourth-order valence-corrected chi connectivity index (χ4v) is 230. The maximum absolute atomic E-state index is 3.14.